The number of benzene rings is 2. The number of phenols is 1. The summed E-state index contributed by atoms with van der Waals surface area (Å²) >= 11 is 0. The minimum Gasteiger partial charge on any atom is -0.506 e. The number of aromatic nitrogens is 2. The SMILES string of the molecule is COC(=O)Nc1cc(O)c2c(c1)c(F)nn2Cc1ccc(C(=O)OC)cc1OC. The number of anilines is 1. The first kappa shape index (κ1) is 19.9. The maximum atomic E-state index is 14.4. The lowest BCUT2D eigenvalue weighted by Gasteiger charge is -2.11. The number of hydrogen-bond acceptors (Lipinski definition) is 7. The molecule has 0 fully saturated rings. The van der Waals surface area contributed by atoms with Crippen LogP contribution in [0.5, 0.6) is 11.5 Å². The van der Waals surface area contributed by atoms with Gasteiger partial charge in [-0.2, -0.15) is 4.39 Å². The highest BCUT2D eigenvalue weighted by Crippen LogP contribution is 2.32. The van der Waals surface area contributed by atoms with E-state index in [2.05, 4.69) is 19.9 Å². The fraction of sp³-hybridized carbons (Fsp3) is 0.211. The summed E-state index contributed by atoms with van der Waals surface area (Å²) in [4.78, 5) is 23.0. The number of hydrogen-bond donors (Lipinski definition) is 2. The van der Waals surface area contributed by atoms with Crippen molar-refractivity contribution < 1.29 is 33.3 Å². The molecule has 2 aromatic carbocycles. The molecule has 152 valence electrons. The molecule has 1 amide bonds. The smallest absolute Gasteiger partial charge is 0.411 e. The Morgan fingerprint density at radius 3 is 2.59 bits per heavy atom. The van der Waals surface area contributed by atoms with Gasteiger partial charge in [0, 0.05) is 17.3 Å². The van der Waals surface area contributed by atoms with Crippen LogP contribution in [-0.2, 0) is 16.0 Å². The molecule has 0 aliphatic rings. The van der Waals surface area contributed by atoms with Crippen LogP contribution in [0.15, 0.2) is 30.3 Å². The van der Waals surface area contributed by atoms with Crippen LogP contribution in [0.4, 0.5) is 14.9 Å². The average Bonchev–Trinajstić information content (AvgIpc) is 3.03. The van der Waals surface area contributed by atoms with Gasteiger partial charge in [0.2, 0.25) is 5.95 Å². The van der Waals surface area contributed by atoms with Gasteiger partial charge < -0.3 is 19.3 Å². The number of nitrogens with zero attached hydrogens (tertiary/aromatic N) is 2. The second kappa shape index (κ2) is 8.05. The Bertz CT molecular complexity index is 1100. The van der Waals surface area contributed by atoms with Crippen molar-refractivity contribution in [2.75, 3.05) is 26.6 Å². The summed E-state index contributed by atoms with van der Waals surface area (Å²) < 4.78 is 30.2. The van der Waals surface area contributed by atoms with Gasteiger partial charge in [-0.05, 0) is 18.2 Å². The lowest BCUT2D eigenvalue weighted by molar-refractivity contribution is 0.0600. The van der Waals surface area contributed by atoms with Crippen LogP contribution >= 0.6 is 0 Å². The van der Waals surface area contributed by atoms with E-state index in [0.717, 1.165) is 0 Å². The highest BCUT2D eigenvalue weighted by Gasteiger charge is 2.18. The number of phenolic OH excluding ortho intramolecular Hbond substituents is 1. The van der Waals surface area contributed by atoms with Crippen molar-refractivity contribution >= 4 is 28.7 Å². The molecular weight excluding hydrogens is 385 g/mol. The van der Waals surface area contributed by atoms with E-state index >= 15 is 0 Å². The van der Waals surface area contributed by atoms with Crippen molar-refractivity contribution in [3.05, 3.63) is 47.4 Å². The molecule has 0 spiro atoms. The van der Waals surface area contributed by atoms with Crippen molar-refractivity contribution in [3.8, 4) is 11.5 Å². The molecule has 2 N–H and O–H groups in total. The Morgan fingerprint density at radius 2 is 1.93 bits per heavy atom. The monoisotopic (exact) mass is 403 g/mol. The van der Waals surface area contributed by atoms with Crippen LogP contribution in [0.3, 0.4) is 0 Å². The largest absolute Gasteiger partial charge is 0.506 e. The Kier molecular flexibility index (Phi) is 5.53. The molecule has 0 saturated heterocycles. The average molecular weight is 403 g/mol. The third-order valence-electron chi connectivity index (χ3n) is 4.24. The normalized spacial score (nSPS) is 10.6. The molecule has 0 saturated carbocycles. The molecule has 0 radical (unpaired) electrons. The quantitative estimate of drug-likeness (QED) is 0.630. The number of carbonyl (C=O) groups is 2. The van der Waals surface area contributed by atoms with Gasteiger partial charge in [-0.15, -0.1) is 5.10 Å². The van der Waals surface area contributed by atoms with Crippen molar-refractivity contribution in [1.29, 1.82) is 0 Å². The summed E-state index contributed by atoms with van der Waals surface area (Å²) in [5.41, 5.74) is 1.18. The third-order valence-corrected chi connectivity index (χ3v) is 4.24. The van der Waals surface area contributed by atoms with E-state index in [0.29, 0.717) is 16.9 Å². The Hall–Kier alpha value is -3.82. The zero-order chi connectivity index (χ0) is 21.1. The van der Waals surface area contributed by atoms with E-state index in [4.69, 9.17) is 4.74 Å². The second-order valence-electron chi connectivity index (χ2n) is 5.97. The van der Waals surface area contributed by atoms with Gasteiger partial charge in [-0.25, -0.2) is 9.59 Å². The van der Waals surface area contributed by atoms with Crippen molar-refractivity contribution in [2.24, 2.45) is 0 Å². The second-order valence-corrected chi connectivity index (χ2v) is 5.97. The van der Waals surface area contributed by atoms with Crippen molar-refractivity contribution in [3.63, 3.8) is 0 Å². The predicted molar refractivity (Wildman–Crippen MR) is 101 cm³/mol. The number of fused-ring (bicyclic) bond motifs is 1. The molecule has 29 heavy (non-hydrogen) atoms. The van der Waals surface area contributed by atoms with Crippen molar-refractivity contribution in [2.45, 2.75) is 6.54 Å². The van der Waals surface area contributed by atoms with Crippen LogP contribution in [0.1, 0.15) is 15.9 Å². The van der Waals surface area contributed by atoms with Gasteiger partial charge in [-0.1, -0.05) is 6.07 Å². The van der Waals surface area contributed by atoms with E-state index < -0.39 is 18.0 Å². The van der Waals surface area contributed by atoms with Gasteiger partial charge >= 0.3 is 12.1 Å². The molecule has 0 bridgehead atoms. The highest BCUT2D eigenvalue weighted by molar-refractivity contribution is 5.93. The molecule has 1 heterocycles. The number of rotatable bonds is 5. The summed E-state index contributed by atoms with van der Waals surface area (Å²) in [5, 5.41) is 16.6. The molecule has 0 atom stereocenters. The van der Waals surface area contributed by atoms with Crippen LogP contribution in [0, 0.1) is 5.95 Å². The van der Waals surface area contributed by atoms with Crippen LogP contribution < -0.4 is 10.1 Å². The molecular formula is C19H18FN3O6. The van der Waals surface area contributed by atoms with E-state index in [9.17, 15) is 19.1 Å². The maximum Gasteiger partial charge on any atom is 0.411 e. The lowest BCUT2D eigenvalue weighted by atomic mass is 10.1. The standard InChI is InChI=1S/C19H18FN3O6/c1-27-15-6-10(18(25)28-2)4-5-11(15)9-23-16-13(17(20)22-23)7-12(8-14(16)24)21-19(26)29-3/h4-8,24H,9H2,1-3H3,(H,21,26). The summed E-state index contributed by atoms with van der Waals surface area (Å²) in [7, 11) is 3.89. The highest BCUT2D eigenvalue weighted by atomic mass is 19.1. The minimum absolute atomic E-state index is 0.0153. The molecule has 3 aromatic rings. The molecule has 3 rings (SSSR count). The summed E-state index contributed by atoms with van der Waals surface area (Å²) in [6.45, 7) is 0.0579. The van der Waals surface area contributed by atoms with Gasteiger partial charge in [0.15, 0.2) is 0 Å². The first-order valence-corrected chi connectivity index (χ1v) is 8.37. The van der Waals surface area contributed by atoms with E-state index in [1.807, 2.05) is 0 Å². The Morgan fingerprint density at radius 1 is 1.17 bits per heavy atom. The zero-order valence-electron chi connectivity index (χ0n) is 15.9. The minimum atomic E-state index is -0.825. The number of carbonyl (C=O) groups excluding carboxylic acids is 2. The number of aromatic hydroxyl groups is 1. The van der Waals surface area contributed by atoms with E-state index in [-0.39, 0.29) is 28.9 Å². The number of ether oxygens (including phenoxy) is 3. The zero-order valence-corrected chi connectivity index (χ0v) is 15.9. The number of nitrogens with one attached hydrogen (secondary N) is 1. The van der Waals surface area contributed by atoms with Crippen LogP contribution in [0.2, 0.25) is 0 Å². The van der Waals surface area contributed by atoms with Gasteiger partial charge in [0.25, 0.3) is 0 Å². The number of esters is 1. The number of halogens is 1. The third kappa shape index (κ3) is 3.91. The predicted octanol–water partition coefficient (Wildman–Crippen LogP) is 2.90. The van der Waals surface area contributed by atoms with Crippen LogP contribution in [-0.4, -0.2) is 48.3 Å². The fourth-order valence-corrected chi connectivity index (χ4v) is 2.89. The number of amides is 1. The molecule has 0 aliphatic carbocycles. The molecule has 0 unspecified atom stereocenters. The lowest BCUT2D eigenvalue weighted by Crippen LogP contribution is -2.10. The fourth-order valence-electron chi connectivity index (χ4n) is 2.89. The summed E-state index contributed by atoms with van der Waals surface area (Å²) in [6, 6.07) is 7.27. The summed E-state index contributed by atoms with van der Waals surface area (Å²) in [5.74, 6) is -1.25. The van der Waals surface area contributed by atoms with Gasteiger partial charge in [-0.3, -0.25) is 10.00 Å². The molecule has 0 aliphatic heterocycles. The molecule has 1 aromatic heterocycles. The summed E-state index contributed by atoms with van der Waals surface area (Å²) in [6.07, 6.45) is -0.757. The van der Waals surface area contributed by atoms with Crippen LogP contribution in [0.25, 0.3) is 10.9 Å². The topological polar surface area (TPSA) is 112 Å². The Balaban J connectivity index is 2.01. The van der Waals surface area contributed by atoms with E-state index in [1.54, 1.807) is 12.1 Å². The van der Waals surface area contributed by atoms with Crippen molar-refractivity contribution in [1.82, 2.24) is 9.78 Å². The van der Waals surface area contributed by atoms with Gasteiger partial charge in [0.05, 0.1) is 38.8 Å². The van der Waals surface area contributed by atoms with Gasteiger partial charge in [0.1, 0.15) is 17.0 Å². The Labute approximate surface area is 164 Å². The van der Waals surface area contributed by atoms with E-state index in [1.165, 1.54) is 44.2 Å². The molecule has 9 nitrogen and oxygen atoms in total. The first-order valence-electron chi connectivity index (χ1n) is 8.37. The first-order chi connectivity index (χ1) is 13.9. The maximum absolute atomic E-state index is 14.4. The number of methoxy groups -OCH3 is 3. The molecule has 10 heteroatoms.